The summed E-state index contributed by atoms with van der Waals surface area (Å²) < 4.78 is 55.3. The van der Waals surface area contributed by atoms with Gasteiger partial charge in [-0.2, -0.15) is 18.4 Å². The number of allylic oxidation sites excluding steroid dienone is 1. The molecule has 3 rings (SSSR count). The molecule has 9 heteroatoms. The molecule has 0 fully saturated rings. The zero-order valence-corrected chi connectivity index (χ0v) is 15.9. The van der Waals surface area contributed by atoms with Crippen molar-refractivity contribution in [2.24, 2.45) is 0 Å². The Kier molecular flexibility index (Phi) is 5.29. The minimum Gasteiger partial charge on any atom is -0.493 e. The van der Waals surface area contributed by atoms with Crippen molar-refractivity contribution in [1.82, 2.24) is 4.57 Å². The first kappa shape index (κ1) is 20.3. The number of carbonyl (C=O) groups is 1. The summed E-state index contributed by atoms with van der Waals surface area (Å²) in [5, 5.41) is 9.48. The van der Waals surface area contributed by atoms with E-state index in [4.69, 9.17) is 14.2 Å². The number of ether oxygens (including phenoxy) is 3. The van der Waals surface area contributed by atoms with Gasteiger partial charge in [0.2, 0.25) is 18.3 Å². The highest BCUT2D eigenvalue weighted by molar-refractivity contribution is 6.14. The molecule has 29 heavy (non-hydrogen) atoms. The summed E-state index contributed by atoms with van der Waals surface area (Å²) in [5.41, 5.74) is 0.713. The quantitative estimate of drug-likeness (QED) is 0.423. The lowest BCUT2D eigenvalue weighted by Crippen LogP contribution is -2.19. The first-order chi connectivity index (χ1) is 13.6. The number of alkyl halides is 3. The number of aryl methyl sites for hydroxylation is 1. The third-order valence-electron chi connectivity index (χ3n) is 4.51. The molecule has 0 radical (unpaired) electrons. The van der Waals surface area contributed by atoms with Crippen molar-refractivity contribution in [2.45, 2.75) is 26.6 Å². The van der Waals surface area contributed by atoms with Crippen LogP contribution in [0.25, 0.3) is 6.08 Å². The number of halogens is 3. The highest BCUT2D eigenvalue weighted by Gasteiger charge is 2.31. The molecule has 1 aromatic carbocycles. The molecule has 0 saturated carbocycles. The van der Waals surface area contributed by atoms with Crippen LogP contribution in [-0.4, -0.2) is 30.4 Å². The van der Waals surface area contributed by atoms with E-state index < -0.39 is 18.5 Å². The second-order valence-electron chi connectivity index (χ2n) is 6.44. The molecule has 0 unspecified atom stereocenters. The smallest absolute Gasteiger partial charge is 0.406 e. The number of rotatable bonds is 5. The number of carbonyl (C=O) groups excluding carboxylic acids is 1. The summed E-state index contributed by atoms with van der Waals surface area (Å²) in [5.74, 6) is 0.541. The van der Waals surface area contributed by atoms with Crippen molar-refractivity contribution >= 4 is 11.9 Å². The van der Waals surface area contributed by atoms with E-state index in [1.807, 2.05) is 6.07 Å². The van der Waals surface area contributed by atoms with E-state index in [-0.39, 0.29) is 29.3 Å². The van der Waals surface area contributed by atoms with Crippen LogP contribution in [0.4, 0.5) is 13.2 Å². The molecule has 0 atom stereocenters. The molecule has 6 nitrogen and oxygen atoms in total. The van der Waals surface area contributed by atoms with Crippen molar-refractivity contribution in [3.63, 3.8) is 0 Å². The van der Waals surface area contributed by atoms with Crippen LogP contribution in [0.1, 0.15) is 27.3 Å². The standard InChI is InChI=1S/C20H17F3N2O4/c1-11-4-15(12(2)25(11)9-20(21,22)23)18(26)14(8-24)5-13-6-16(27-3)19-17(7-13)28-10-29-19/h4-7H,9-10H2,1-3H3/b14-5+. The molecular weight excluding hydrogens is 389 g/mol. The van der Waals surface area contributed by atoms with Gasteiger partial charge in [0.15, 0.2) is 11.5 Å². The van der Waals surface area contributed by atoms with Crippen LogP contribution in [0.2, 0.25) is 0 Å². The van der Waals surface area contributed by atoms with Crippen LogP contribution in [0.5, 0.6) is 17.2 Å². The largest absolute Gasteiger partial charge is 0.493 e. The molecule has 152 valence electrons. The van der Waals surface area contributed by atoms with Crippen LogP contribution < -0.4 is 14.2 Å². The molecule has 0 bridgehead atoms. The van der Waals surface area contributed by atoms with E-state index in [1.165, 1.54) is 33.1 Å². The van der Waals surface area contributed by atoms with Crippen molar-refractivity contribution in [3.05, 3.63) is 46.3 Å². The number of hydrogen-bond donors (Lipinski definition) is 0. The van der Waals surface area contributed by atoms with Crippen LogP contribution in [0.3, 0.4) is 0 Å². The van der Waals surface area contributed by atoms with Gasteiger partial charge in [0.05, 0.1) is 7.11 Å². The number of Topliss-reactive ketones (excluding diaryl/α,β-unsaturated/α-hetero) is 1. The second-order valence-corrected chi connectivity index (χ2v) is 6.44. The van der Waals surface area contributed by atoms with E-state index in [2.05, 4.69) is 0 Å². The Morgan fingerprint density at radius 2 is 2.03 bits per heavy atom. The van der Waals surface area contributed by atoms with Crippen molar-refractivity contribution < 1.29 is 32.2 Å². The maximum atomic E-state index is 12.8. The molecule has 0 spiro atoms. The molecule has 0 saturated heterocycles. The van der Waals surface area contributed by atoms with E-state index in [1.54, 1.807) is 12.1 Å². The lowest BCUT2D eigenvalue weighted by Gasteiger charge is -2.12. The summed E-state index contributed by atoms with van der Waals surface area (Å²) in [7, 11) is 1.44. The van der Waals surface area contributed by atoms with Gasteiger partial charge >= 0.3 is 6.18 Å². The Morgan fingerprint density at radius 3 is 2.66 bits per heavy atom. The Bertz CT molecular complexity index is 1050. The minimum atomic E-state index is -4.42. The zero-order valence-electron chi connectivity index (χ0n) is 15.9. The molecule has 2 aromatic rings. The third-order valence-corrected chi connectivity index (χ3v) is 4.51. The maximum Gasteiger partial charge on any atom is 0.406 e. The Morgan fingerprint density at radius 1 is 1.31 bits per heavy atom. The fourth-order valence-corrected chi connectivity index (χ4v) is 3.15. The monoisotopic (exact) mass is 406 g/mol. The van der Waals surface area contributed by atoms with E-state index in [0.717, 1.165) is 4.57 Å². The lowest BCUT2D eigenvalue weighted by molar-refractivity contribution is -0.141. The summed E-state index contributed by atoms with van der Waals surface area (Å²) in [4.78, 5) is 12.8. The van der Waals surface area contributed by atoms with E-state index >= 15 is 0 Å². The number of nitriles is 1. The van der Waals surface area contributed by atoms with Gasteiger partial charge in [0, 0.05) is 17.0 Å². The Hall–Kier alpha value is -3.41. The van der Waals surface area contributed by atoms with Crippen LogP contribution >= 0.6 is 0 Å². The molecular formula is C20H17F3N2O4. The Balaban J connectivity index is 1.99. The summed E-state index contributed by atoms with van der Waals surface area (Å²) in [6.07, 6.45) is -3.09. The van der Waals surface area contributed by atoms with Crippen LogP contribution in [0, 0.1) is 25.2 Å². The molecule has 0 amide bonds. The summed E-state index contributed by atoms with van der Waals surface area (Å²) in [6.45, 7) is 1.72. The van der Waals surface area contributed by atoms with Crippen molar-refractivity contribution in [3.8, 4) is 23.3 Å². The van der Waals surface area contributed by atoms with Gasteiger partial charge in [0.25, 0.3) is 0 Å². The molecule has 2 heterocycles. The van der Waals surface area contributed by atoms with E-state index in [9.17, 15) is 23.2 Å². The number of nitrogens with zero attached hydrogens (tertiary/aromatic N) is 2. The number of aromatic nitrogens is 1. The fraction of sp³-hybridized carbons (Fsp3) is 0.300. The zero-order chi connectivity index (χ0) is 21.3. The van der Waals surface area contributed by atoms with Gasteiger partial charge in [0.1, 0.15) is 18.2 Å². The Labute approximate surface area is 164 Å². The lowest BCUT2D eigenvalue weighted by atomic mass is 10.0. The SMILES string of the molecule is COc1cc(/C=C(\C#N)C(=O)c2cc(C)n(CC(F)(F)F)c2C)cc2c1OCO2. The number of hydrogen-bond acceptors (Lipinski definition) is 5. The molecule has 0 N–H and O–H groups in total. The van der Waals surface area contributed by atoms with E-state index in [0.29, 0.717) is 22.8 Å². The number of methoxy groups -OCH3 is 1. The fourth-order valence-electron chi connectivity index (χ4n) is 3.15. The number of ketones is 1. The maximum absolute atomic E-state index is 12.8. The van der Waals surface area contributed by atoms with Crippen molar-refractivity contribution in [2.75, 3.05) is 13.9 Å². The number of fused-ring (bicyclic) bond motifs is 1. The van der Waals surface area contributed by atoms with Crippen LogP contribution in [-0.2, 0) is 6.54 Å². The predicted molar refractivity (Wildman–Crippen MR) is 97.0 cm³/mol. The molecule has 1 aliphatic rings. The highest BCUT2D eigenvalue weighted by atomic mass is 19.4. The summed E-state index contributed by atoms with van der Waals surface area (Å²) >= 11 is 0. The average molecular weight is 406 g/mol. The number of benzene rings is 1. The first-order valence-corrected chi connectivity index (χ1v) is 8.52. The van der Waals surface area contributed by atoms with Gasteiger partial charge in [-0.25, -0.2) is 0 Å². The molecule has 1 aliphatic heterocycles. The molecule has 0 aliphatic carbocycles. The normalized spacial score (nSPS) is 13.3. The van der Waals surface area contributed by atoms with Gasteiger partial charge < -0.3 is 18.8 Å². The second kappa shape index (κ2) is 7.54. The van der Waals surface area contributed by atoms with Gasteiger partial charge in [-0.3, -0.25) is 4.79 Å². The average Bonchev–Trinajstić information content (AvgIpc) is 3.23. The minimum absolute atomic E-state index is 0.0219. The summed E-state index contributed by atoms with van der Waals surface area (Å²) in [6, 6.07) is 6.34. The third kappa shape index (κ3) is 4.06. The first-order valence-electron chi connectivity index (χ1n) is 8.52. The highest BCUT2D eigenvalue weighted by Crippen LogP contribution is 2.42. The predicted octanol–water partition coefficient (Wildman–Crippen LogP) is 4.19. The van der Waals surface area contributed by atoms with Crippen molar-refractivity contribution in [1.29, 1.82) is 5.26 Å². The van der Waals surface area contributed by atoms with Crippen LogP contribution in [0.15, 0.2) is 23.8 Å². The molecule has 1 aromatic heterocycles. The van der Waals surface area contributed by atoms with Gasteiger partial charge in [-0.15, -0.1) is 0 Å². The van der Waals surface area contributed by atoms with Gasteiger partial charge in [-0.1, -0.05) is 0 Å². The van der Waals surface area contributed by atoms with Gasteiger partial charge in [-0.05, 0) is 43.7 Å². The topological polar surface area (TPSA) is 73.5 Å².